The maximum absolute atomic E-state index is 12.7. The molecule has 0 aromatic heterocycles. The van der Waals surface area contributed by atoms with E-state index in [4.69, 9.17) is 4.74 Å². The third-order valence-electron chi connectivity index (χ3n) is 4.34. The van der Waals surface area contributed by atoms with Crippen LogP contribution in [0.15, 0.2) is 48.5 Å². The number of carbonyl (C=O) groups excluding carboxylic acids is 3. The molecule has 2 aromatic carbocycles. The van der Waals surface area contributed by atoms with Crippen LogP contribution in [0.25, 0.3) is 0 Å². The summed E-state index contributed by atoms with van der Waals surface area (Å²) in [6, 6.07) is 13.2. The number of anilines is 1. The van der Waals surface area contributed by atoms with Crippen LogP contribution in [0.1, 0.15) is 64.7 Å². The molecule has 1 N–H and O–H groups in total. The molecule has 0 fully saturated rings. The van der Waals surface area contributed by atoms with Crippen LogP contribution >= 0.6 is 0 Å². The Labute approximate surface area is 171 Å². The first-order valence-corrected chi connectivity index (χ1v) is 9.98. The summed E-state index contributed by atoms with van der Waals surface area (Å²) >= 11 is 0. The Balaban J connectivity index is 2.14. The van der Waals surface area contributed by atoms with Crippen molar-refractivity contribution < 1.29 is 19.1 Å². The quantitative estimate of drug-likeness (QED) is 0.638. The third-order valence-corrected chi connectivity index (χ3v) is 4.34. The Morgan fingerprint density at radius 1 is 0.862 bits per heavy atom. The number of amides is 2. The third kappa shape index (κ3) is 5.91. The van der Waals surface area contributed by atoms with Crippen molar-refractivity contribution in [1.82, 2.24) is 4.90 Å². The van der Waals surface area contributed by atoms with E-state index in [0.717, 1.165) is 12.8 Å². The van der Waals surface area contributed by atoms with Crippen molar-refractivity contribution in [2.24, 2.45) is 0 Å². The minimum absolute atomic E-state index is 0.0340. The van der Waals surface area contributed by atoms with Gasteiger partial charge in [-0.2, -0.15) is 0 Å². The zero-order chi connectivity index (χ0) is 21.2. The highest BCUT2D eigenvalue weighted by molar-refractivity contribution is 6.08. The van der Waals surface area contributed by atoms with Gasteiger partial charge in [0.15, 0.2) is 0 Å². The average Bonchev–Trinajstić information content (AvgIpc) is 2.73. The van der Waals surface area contributed by atoms with Gasteiger partial charge in [-0.3, -0.25) is 9.59 Å². The largest absolute Gasteiger partial charge is 0.462 e. The van der Waals surface area contributed by atoms with Gasteiger partial charge in [-0.15, -0.1) is 0 Å². The smallest absolute Gasteiger partial charge is 0.340 e. The van der Waals surface area contributed by atoms with E-state index in [9.17, 15) is 14.4 Å². The Morgan fingerprint density at radius 2 is 1.45 bits per heavy atom. The minimum atomic E-state index is -0.490. The molecule has 0 saturated heterocycles. The van der Waals surface area contributed by atoms with Crippen LogP contribution in [0.4, 0.5) is 5.69 Å². The van der Waals surface area contributed by atoms with Crippen molar-refractivity contribution in [3.8, 4) is 0 Å². The van der Waals surface area contributed by atoms with Gasteiger partial charge in [0.2, 0.25) is 0 Å². The number of nitrogens with zero attached hydrogens (tertiary/aromatic N) is 1. The molecular formula is C23H28N2O4. The molecule has 6 nitrogen and oxygen atoms in total. The molecule has 29 heavy (non-hydrogen) atoms. The molecule has 0 saturated carbocycles. The van der Waals surface area contributed by atoms with E-state index in [-0.39, 0.29) is 18.4 Å². The fraction of sp³-hybridized carbons (Fsp3) is 0.348. The molecule has 0 aliphatic rings. The zero-order valence-electron chi connectivity index (χ0n) is 17.2. The predicted octanol–water partition coefficient (Wildman–Crippen LogP) is 4.38. The van der Waals surface area contributed by atoms with E-state index in [2.05, 4.69) is 5.32 Å². The molecule has 2 aromatic rings. The lowest BCUT2D eigenvalue weighted by Crippen LogP contribution is -2.32. The van der Waals surface area contributed by atoms with Crippen LogP contribution in [0, 0.1) is 0 Å². The second-order valence-corrected chi connectivity index (χ2v) is 6.59. The van der Waals surface area contributed by atoms with Gasteiger partial charge in [-0.05, 0) is 56.2 Å². The fourth-order valence-electron chi connectivity index (χ4n) is 2.97. The maximum Gasteiger partial charge on any atom is 0.340 e. The van der Waals surface area contributed by atoms with Gasteiger partial charge in [0.05, 0.1) is 17.9 Å². The van der Waals surface area contributed by atoms with Crippen LogP contribution in [0.2, 0.25) is 0 Å². The van der Waals surface area contributed by atoms with Crippen LogP contribution in [-0.2, 0) is 4.74 Å². The number of hydrogen-bond acceptors (Lipinski definition) is 4. The second kappa shape index (κ2) is 11.0. The summed E-state index contributed by atoms with van der Waals surface area (Å²) in [5.74, 6) is -0.885. The fourth-order valence-corrected chi connectivity index (χ4v) is 2.97. The number of benzene rings is 2. The van der Waals surface area contributed by atoms with Gasteiger partial charge in [-0.25, -0.2) is 4.79 Å². The van der Waals surface area contributed by atoms with Gasteiger partial charge in [0.25, 0.3) is 11.8 Å². The standard InChI is InChI=1S/C23H28N2O4/c1-4-15-25(16-5-2)22(27)18-13-11-17(12-14-18)21(26)24-20-10-8-7-9-19(20)23(28)29-6-3/h7-14H,4-6,15-16H2,1-3H3,(H,24,26). The van der Waals surface area contributed by atoms with E-state index in [1.165, 1.54) is 0 Å². The first-order valence-electron chi connectivity index (χ1n) is 9.98. The molecule has 0 heterocycles. The van der Waals surface area contributed by atoms with Crippen molar-refractivity contribution in [1.29, 1.82) is 0 Å². The Hall–Kier alpha value is -3.15. The van der Waals surface area contributed by atoms with Crippen LogP contribution in [0.5, 0.6) is 0 Å². The van der Waals surface area contributed by atoms with Crippen molar-refractivity contribution >= 4 is 23.5 Å². The number of carbonyl (C=O) groups is 3. The SMILES string of the molecule is CCCN(CCC)C(=O)c1ccc(C(=O)Nc2ccccc2C(=O)OCC)cc1. The highest BCUT2D eigenvalue weighted by Crippen LogP contribution is 2.18. The Morgan fingerprint density at radius 3 is 2.03 bits per heavy atom. The first kappa shape index (κ1) is 22.1. The van der Waals surface area contributed by atoms with E-state index >= 15 is 0 Å². The van der Waals surface area contributed by atoms with Crippen LogP contribution < -0.4 is 5.32 Å². The van der Waals surface area contributed by atoms with Gasteiger partial charge in [0, 0.05) is 24.2 Å². The van der Waals surface area contributed by atoms with Gasteiger partial charge >= 0.3 is 5.97 Å². The van der Waals surface area contributed by atoms with Crippen LogP contribution in [-0.4, -0.2) is 42.4 Å². The maximum atomic E-state index is 12.7. The van der Waals surface area contributed by atoms with Crippen molar-refractivity contribution in [2.75, 3.05) is 25.0 Å². The predicted molar refractivity (Wildman–Crippen MR) is 113 cm³/mol. The average molecular weight is 396 g/mol. The minimum Gasteiger partial charge on any atom is -0.462 e. The lowest BCUT2D eigenvalue weighted by atomic mass is 10.1. The lowest BCUT2D eigenvalue weighted by Gasteiger charge is -2.21. The molecule has 0 bridgehead atoms. The van der Waals surface area contributed by atoms with E-state index in [1.54, 1.807) is 55.5 Å². The molecule has 0 aliphatic carbocycles. The highest BCUT2D eigenvalue weighted by Gasteiger charge is 2.17. The number of nitrogens with one attached hydrogen (secondary N) is 1. The lowest BCUT2D eigenvalue weighted by molar-refractivity contribution is 0.0527. The summed E-state index contributed by atoms with van der Waals surface area (Å²) in [5.41, 5.74) is 1.63. The van der Waals surface area contributed by atoms with Crippen molar-refractivity contribution in [3.63, 3.8) is 0 Å². The van der Waals surface area contributed by atoms with E-state index in [0.29, 0.717) is 35.5 Å². The number of rotatable bonds is 9. The molecule has 154 valence electrons. The number of ether oxygens (including phenoxy) is 1. The zero-order valence-corrected chi connectivity index (χ0v) is 17.2. The first-order chi connectivity index (χ1) is 14.0. The molecule has 0 aliphatic heterocycles. The summed E-state index contributed by atoms with van der Waals surface area (Å²) in [6.07, 6.45) is 1.79. The number of para-hydroxylation sites is 1. The second-order valence-electron chi connectivity index (χ2n) is 6.59. The Kier molecular flexibility index (Phi) is 8.40. The van der Waals surface area contributed by atoms with Crippen molar-refractivity contribution in [3.05, 3.63) is 65.2 Å². The number of esters is 1. The molecule has 6 heteroatoms. The van der Waals surface area contributed by atoms with Gasteiger partial charge in [0.1, 0.15) is 0 Å². The molecule has 0 spiro atoms. The highest BCUT2D eigenvalue weighted by atomic mass is 16.5. The summed E-state index contributed by atoms with van der Waals surface area (Å²) in [4.78, 5) is 39.1. The molecular weight excluding hydrogens is 368 g/mol. The molecule has 0 atom stereocenters. The van der Waals surface area contributed by atoms with Gasteiger partial charge < -0.3 is 15.0 Å². The number of hydrogen-bond donors (Lipinski definition) is 1. The van der Waals surface area contributed by atoms with Gasteiger partial charge in [-0.1, -0.05) is 26.0 Å². The molecule has 2 amide bonds. The normalized spacial score (nSPS) is 10.3. The summed E-state index contributed by atoms with van der Waals surface area (Å²) in [7, 11) is 0. The van der Waals surface area contributed by atoms with Crippen molar-refractivity contribution in [2.45, 2.75) is 33.6 Å². The van der Waals surface area contributed by atoms with Crippen LogP contribution in [0.3, 0.4) is 0 Å². The summed E-state index contributed by atoms with van der Waals surface area (Å²) < 4.78 is 5.03. The van der Waals surface area contributed by atoms with E-state index < -0.39 is 5.97 Å². The summed E-state index contributed by atoms with van der Waals surface area (Å²) in [6.45, 7) is 7.47. The monoisotopic (exact) mass is 396 g/mol. The molecule has 2 rings (SSSR count). The van der Waals surface area contributed by atoms with E-state index in [1.807, 2.05) is 18.7 Å². The molecule has 0 unspecified atom stereocenters. The molecule has 0 radical (unpaired) electrons. The summed E-state index contributed by atoms with van der Waals surface area (Å²) in [5, 5.41) is 2.74. The Bertz CT molecular complexity index is 840. The topological polar surface area (TPSA) is 75.7 Å².